The van der Waals surface area contributed by atoms with Crippen LogP contribution < -0.4 is 10.6 Å². The average Bonchev–Trinajstić information content (AvgIpc) is 2.35. The van der Waals surface area contributed by atoms with Crippen molar-refractivity contribution in [3.8, 4) is 0 Å². The van der Waals surface area contributed by atoms with Crippen molar-refractivity contribution in [2.24, 2.45) is 5.92 Å². The monoisotopic (exact) mass is 236 g/mol. The van der Waals surface area contributed by atoms with Crippen LogP contribution in [0.25, 0.3) is 0 Å². The number of nitrogens with zero attached hydrogens (tertiary/aromatic N) is 2. The van der Waals surface area contributed by atoms with Gasteiger partial charge in [-0.25, -0.2) is 9.97 Å². The van der Waals surface area contributed by atoms with Crippen LogP contribution in [0.2, 0.25) is 0 Å². The van der Waals surface area contributed by atoms with Crippen LogP contribution >= 0.6 is 0 Å². The first-order valence-electron chi connectivity index (χ1n) is 6.48. The Labute approximate surface area is 104 Å². The lowest BCUT2D eigenvalue weighted by atomic mass is 10.1. The predicted molar refractivity (Wildman–Crippen MR) is 73.5 cm³/mol. The van der Waals surface area contributed by atoms with Gasteiger partial charge in [0.2, 0.25) is 0 Å². The first-order chi connectivity index (χ1) is 8.19. The molecule has 1 atom stereocenters. The number of aromatic nitrogens is 2. The lowest BCUT2D eigenvalue weighted by Gasteiger charge is -2.14. The lowest BCUT2D eigenvalue weighted by molar-refractivity contribution is 0.592. The minimum Gasteiger partial charge on any atom is -0.370 e. The van der Waals surface area contributed by atoms with E-state index < -0.39 is 0 Å². The van der Waals surface area contributed by atoms with E-state index in [1.54, 1.807) is 6.33 Å². The van der Waals surface area contributed by atoms with Gasteiger partial charge in [0.25, 0.3) is 0 Å². The van der Waals surface area contributed by atoms with E-state index >= 15 is 0 Å². The maximum atomic E-state index is 4.29. The van der Waals surface area contributed by atoms with E-state index in [1.165, 1.54) is 6.42 Å². The molecule has 4 nitrogen and oxygen atoms in total. The smallest absolute Gasteiger partial charge is 0.134 e. The van der Waals surface area contributed by atoms with Crippen molar-refractivity contribution in [3.63, 3.8) is 0 Å². The molecular formula is C13H24N4. The Morgan fingerprint density at radius 1 is 1.18 bits per heavy atom. The Kier molecular flexibility index (Phi) is 5.73. The number of hydrogen-bond donors (Lipinski definition) is 2. The molecule has 0 fully saturated rings. The number of anilines is 2. The third-order valence-corrected chi connectivity index (χ3v) is 2.94. The number of rotatable bonds is 7. The molecule has 1 unspecified atom stereocenters. The number of nitrogens with one attached hydrogen (secondary N) is 2. The van der Waals surface area contributed by atoms with Gasteiger partial charge in [0.1, 0.15) is 18.0 Å². The first-order valence-corrected chi connectivity index (χ1v) is 6.48. The van der Waals surface area contributed by atoms with Crippen molar-refractivity contribution in [2.75, 3.05) is 23.7 Å². The normalized spacial score (nSPS) is 12.2. The SMILES string of the molecule is CCCNc1ncnc(NCC(C)CC)c1C. The molecule has 0 saturated carbocycles. The van der Waals surface area contributed by atoms with E-state index in [-0.39, 0.29) is 0 Å². The van der Waals surface area contributed by atoms with Crippen LogP contribution in [-0.4, -0.2) is 23.1 Å². The van der Waals surface area contributed by atoms with Crippen molar-refractivity contribution < 1.29 is 0 Å². The minimum absolute atomic E-state index is 0.663. The molecule has 0 spiro atoms. The van der Waals surface area contributed by atoms with Gasteiger partial charge >= 0.3 is 0 Å². The summed E-state index contributed by atoms with van der Waals surface area (Å²) in [7, 11) is 0. The van der Waals surface area contributed by atoms with E-state index in [4.69, 9.17) is 0 Å². The summed E-state index contributed by atoms with van der Waals surface area (Å²) in [5, 5.41) is 6.70. The van der Waals surface area contributed by atoms with Crippen molar-refractivity contribution in [2.45, 2.75) is 40.5 Å². The molecule has 0 aliphatic heterocycles. The van der Waals surface area contributed by atoms with Crippen molar-refractivity contribution in [3.05, 3.63) is 11.9 Å². The van der Waals surface area contributed by atoms with E-state index in [0.717, 1.165) is 36.7 Å². The fraction of sp³-hybridized carbons (Fsp3) is 0.692. The van der Waals surface area contributed by atoms with Gasteiger partial charge in [0.05, 0.1) is 0 Å². The fourth-order valence-corrected chi connectivity index (χ4v) is 1.47. The van der Waals surface area contributed by atoms with Gasteiger partial charge in [-0.3, -0.25) is 0 Å². The molecule has 0 saturated heterocycles. The molecule has 0 bridgehead atoms. The zero-order valence-electron chi connectivity index (χ0n) is 11.4. The summed E-state index contributed by atoms with van der Waals surface area (Å²) in [6.07, 6.45) is 3.89. The van der Waals surface area contributed by atoms with Crippen molar-refractivity contribution in [1.82, 2.24) is 9.97 Å². The Balaban J connectivity index is 2.65. The molecule has 0 aliphatic carbocycles. The zero-order valence-corrected chi connectivity index (χ0v) is 11.4. The fourth-order valence-electron chi connectivity index (χ4n) is 1.47. The molecule has 0 radical (unpaired) electrons. The van der Waals surface area contributed by atoms with Gasteiger partial charge in [0, 0.05) is 18.7 Å². The first kappa shape index (κ1) is 13.7. The number of hydrogen-bond acceptors (Lipinski definition) is 4. The summed E-state index contributed by atoms with van der Waals surface area (Å²) in [4.78, 5) is 8.55. The van der Waals surface area contributed by atoms with Crippen LogP contribution in [0.5, 0.6) is 0 Å². The molecule has 1 rings (SSSR count). The highest BCUT2D eigenvalue weighted by Gasteiger charge is 2.07. The second-order valence-electron chi connectivity index (χ2n) is 4.52. The standard InChI is InChI=1S/C13H24N4/c1-5-7-14-12-11(4)13(17-9-16-12)15-8-10(3)6-2/h9-10H,5-8H2,1-4H3,(H2,14,15,16,17). The zero-order chi connectivity index (χ0) is 12.7. The molecule has 96 valence electrons. The highest BCUT2D eigenvalue weighted by molar-refractivity contribution is 5.56. The quantitative estimate of drug-likeness (QED) is 0.764. The molecule has 0 aliphatic rings. The van der Waals surface area contributed by atoms with Crippen molar-refractivity contribution in [1.29, 1.82) is 0 Å². The molecule has 0 amide bonds. The molecule has 1 aromatic rings. The summed E-state index contributed by atoms with van der Waals surface area (Å²) in [6.45, 7) is 10.5. The van der Waals surface area contributed by atoms with E-state index in [2.05, 4.69) is 48.3 Å². The minimum atomic E-state index is 0.663. The molecule has 1 heterocycles. The molecule has 1 aromatic heterocycles. The topological polar surface area (TPSA) is 49.8 Å². The Hall–Kier alpha value is -1.32. The van der Waals surface area contributed by atoms with Crippen LogP contribution in [-0.2, 0) is 0 Å². The van der Waals surface area contributed by atoms with Gasteiger partial charge < -0.3 is 10.6 Å². The molecule has 0 aromatic carbocycles. The van der Waals surface area contributed by atoms with E-state index in [0.29, 0.717) is 5.92 Å². The maximum Gasteiger partial charge on any atom is 0.134 e. The Morgan fingerprint density at radius 3 is 2.41 bits per heavy atom. The van der Waals surface area contributed by atoms with Crippen LogP contribution in [0.15, 0.2) is 6.33 Å². The van der Waals surface area contributed by atoms with Gasteiger partial charge in [-0.05, 0) is 19.3 Å². The van der Waals surface area contributed by atoms with Gasteiger partial charge in [-0.2, -0.15) is 0 Å². The molecule has 4 heteroatoms. The predicted octanol–water partition coefficient (Wildman–Crippen LogP) is 3.06. The lowest BCUT2D eigenvalue weighted by Crippen LogP contribution is -2.14. The maximum absolute atomic E-state index is 4.29. The summed E-state index contributed by atoms with van der Waals surface area (Å²) in [5.41, 5.74) is 1.10. The van der Waals surface area contributed by atoms with Crippen LogP contribution in [0.4, 0.5) is 11.6 Å². The average molecular weight is 236 g/mol. The van der Waals surface area contributed by atoms with E-state index in [9.17, 15) is 0 Å². The molecular weight excluding hydrogens is 212 g/mol. The Morgan fingerprint density at radius 2 is 1.82 bits per heavy atom. The van der Waals surface area contributed by atoms with Gasteiger partial charge in [-0.15, -0.1) is 0 Å². The largest absolute Gasteiger partial charge is 0.370 e. The van der Waals surface area contributed by atoms with E-state index in [1.807, 2.05) is 0 Å². The highest BCUT2D eigenvalue weighted by Crippen LogP contribution is 2.18. The second-order valence-corrected chi connectivity index (χ2v) is 4.52. The van der Waals surface area contributed by atoms with Gasteiger partial charge in [0.15, 0.2) is 0 Å². The molecule has 17 heavy (non-hydrogen) atoms. The highest BCUT2D eigenvalue weighted by atomic mass is 15.1. The second kappa shape index (κ2) is 7.09. The third-order valence-electron chi connectivity index (χ3n) is 2.94. The van der Waals surface area contributed by atoms with Crippen LogP contribution in [0, 0.1) is 12.8 Å². The summed E-state index contributed by atoms with van der Waals surface area (Å²) in [6, 6.07) is 0. The van der Waals surface area contributed by atoms with Crippen molar-refractivity contribution >= 4 is 11.6 Å². The summed E-state index contributed by atoms with van der Waals surface area (Å²) in [5.74, 6) is 2.55. The Bertz CT molecular complexity index is 338. The van der Waals surface area contributed by atoms with Crippen LogP contribution in [0.3, 0.4) is 0 Å². The third kappa shape index (κ3) is 4.21. The summed E-state index contributed by atoms with van der Waals surface area (Å²) < 4.78 is 0. The van der Waals surface area contributed by atoms with Gasteiger partial charge in [-0.1, -0.05) is 27.2 Å². The summed E-state index contributed by atoms with van der Waals surface area (Å²) >= 11 is 0. The van der Waals surface area contributed by atoms with Crippen LogP contribution in [0.1, 0.15) is 39.2 Å². The molecule has 2 N–H and O–H groups in total.